The van der Waals surface area contributed by atoms with Crippen LogP contribution in [-0.4, -0.2) is 28.3 Å². The van der Waals surface area contributed by atoms with Crippen molar-refractivity contribution in [2.75, 3.05) is 12.0 Å². The van der Waals surface area contributed by atoms with Gasteiger partial charge in [0.2, 0.25) is 0 Å². The fourth-order valence-electron chi connectivity index (χ4n) is 2.78. The van der Waals surface area contributed by atoms with Gasteiger partial charge in [-0.2, -0.15) is 0 Å². The lowest BCUT2D eigenvalue weighted by Crippen LogP contribution is -2.44. The second-order valence-electron chi connectivity index (χ2n) is 5.91. The average Bonchev–Trinajstić information content (AvgIpc) is 2.30. The zero-order valence-corrected chi connectivity index (χ0v) is 13.0. The Bertz CT molecular complexity index is 440. The second kappa shape index (κ2) is 6.67. The predicted octanol–water partition coefficient (Wildman–Crippen LogP) is 2.99. The third-order valence-corrected chi connectivity index (χ3v) is 4.82. The van der Waals surface area contributed by atoms with Gasteiger partial charge in [0, 0.05) is 34.9 Å². The number of rotatable bonds is 6. The monoisotopic (exact) mass is 279 g/mol. The van der Waals surface area contributed by atoms with Crippen LogP contribution in [-0.2, 0) is 10.8 Å². The van der Waals surface area contributed by atoms with Gasteiger partial charge in [0.05, 0.1) is 0 Å². The van der Waals surface area contributed by atoms with E-state index in [0.29, 0.717) is 12.1 Å². The molecule has 0 saturated heterocycles. The van der Waals surface area contributed by atoms with Crippen molar-refractivity contribution in [3.63, 3.8) is 0 Å². The van der Waals surface area contributed by atoms with Crippen molar-refractivity contribution < 1.29 is 4.21 Å². The molecule has 1 N–H and O–H groups in total. The zero-order chi connectivity index (χ0) is 13.8. The van der Waals surface area contributed by atoms with Gasteiger partial charge < -0.3 is 5.32 Å². The van der Waals surface area contributed by atoms with Crippen LogP contribution in [0, 0.1) is 6.92 Å². The molecule has 2 rings (SSSR count). The van der Waals surface area contributed by atoms with Crippen molar-refractivity contribution in [3.05, 3.63) is 35.4 Å². The first-order valence-electron chi connectivity index (χ1n) is 7.17. The summed E-state index contributed by atoms with van der Waals surface area (Å²) in [6.45, 7) is 4.36. The highest BCUT2D eigenvalue weighted by Crippen LogP contribution is 2.37. The standard InChI is InChI=1S/C16H25NOS/c1-12-5-4-6-14(9-12)15-10-16(11-15)17-13(2)7-8-19(3)18/h4-6,9,13,15-17H,7-8,10-11H2,1-3H3. The summed E-state index contributed by atoms with van der Waals surface area (Å²) in [5.41, 5.74) is 2.84. The molecule has 2 nitrogen and oxygen atoms in total. The highest BCUT2D eigenvalue weighted by atomic mass is 32.2. The fraction of sp³-hybridized carbons (Fsp3) is 0.625. The summed E-state index contributed by atoms with van der Waals surface area (Å²) < 4.78 is 11.1. The van der Waals surface area contributed by atoms with Crippen LogP contribution in [0.3, 0.4) is 0 Å². The Balaban J connectivity index is 1.73. The minimum Gasteiger partial charge on any atom is -0.311 e. The van der Waals surface area contributed by atoms with Crippen molar-refractivity contribution in [1.29, 1.82) is 0 Å². The van der Waals surface area contributed by atoms with Crippen LogP contribution < -0.4 is 5.32 Å². The van der Waals surface area contributed by atoms with Crippen LogP contribution in [0.15, 0.2) is 24.3 Å². The molecular formula is C16H25NOS. The van der Waals surface area contributed by atoms with E-state index in [9.17, 15) is 4.21 Å². The molecule has 1 saturated carbocycles. The van der Waals surface area contributed by atoms with Crippen molar-refractivity contribution in [3.8, 4) is 0 Å². The number of hydrogen-bond donors (Lipinski definition) is 1. The van der Waals surface area contributed by atoms with Gasteiger partial charge in [0.15, 0.2) is 0 Å². The molecule has 0 radical (unpaired) electrons. The van der Waals surface area contributed by atoms with Crippen LogP contribution in [0.4, 0.5) is 0 Å². The topological polar surface area (TPSA) is 29.1 Å². The zero-order valence-electron chi connectivity index (χ0n) is 12.2. The van der Waals surface area contributed by atoms with Gasteiger partial charge in [-0.05, 0) is 44.6 Å². The molecule has 0 amide bonds. The van der Waals surface area contributed by atoms with Crippen molar-refractivity contribution in [1.82, 2.24) is 5.32 Å². The van der Waals surface area contributed by atoms with E-state index in [1.54, 1.807) is 6.26 Å². The van der Waals surface area contributed by atoms with Gasteiger partial charge in [-0.25, -0.2) is 0 Å². The number of benzene rings is 1. The van der Waals surface area contributed by atoms with Crippen LogP contribution >= 0.6 is 0 Å². The molecule has 1 aliphatic carbocycles. The summed E-state index contributed by atoms with van der Waals surface area (Å²) in [4.78, 5) is 0. The molecule has 2 unspecified atom stereocenters. The molecular weight excluding hydrogens is 254 g/mol. The quantitative estimate of drug-likeness (QED) is 0.867. The van der Waals surface area contributed by atoms with Gasteiger partial charge in [-0.15, -0.1) is 0 Å². The Labute approximate surface area is 119 Å². The Kier molecular flexibility index (Phi) is 5.17. The molecule has 0 heterocycles. The van der Waals surface area contributed by atoms with Crippen LogP contribution in [0.5, 0.6) is 0 Å². The second-order valence-corrected chi connectivity index (χ2v) is 7.47. The Morgan fingerprint density at radius 2 is 2.16 bits per heavy atom. The van der Waals surface area contributed by atoms with Crippen molar-refractivity contribution >= 4 is 10.8 Å². The van der Waals surface area contributed by atoms with E-state index in [2.05, 4.69) is 43.4 Å². The fourth-order valence-corrected chi connectivity index (χ4v) is 3.46. The van der Waals surface area contributed by atoms with E-state index in [4.69, 9.17) is 0 Å². The van der Waals surface area contributed by atoms with Gasteiger partial charge >= 0.3 is 0 Å². The highest BCUT2D eigenvalue weighted by molar-refractivity contribution is 7.84. The summed E-state index contributed by atoms with van der Waals surface area (Å²) in [7, 11) is -0.664. The van der Waals surface area contributed by atoms with E-state index in [-0.39, 0.29) is 0 Å². The van der Waals surface area contributed by atoms with Crippen LogP contribution in [0.25, 0.3) is 0 Å². The minimum atomic E-state index is -0.664. The van der Waals surface area contributed by atoms with E-state index < -0.39 is 10.8 Å². The molecule has 0 bridgehead atoms. The van der Waals surface area contributed by atoms with Crippen LogP contribution in [0.2, 0.25) is 0 Å². The first-order chi connectivity index (χ1) is 9.04. The molecule has 0 spiro atoms. The lowest BCUT2D eigenvalue weighted by atomic mass is 9.75. The van der Waals surface area contributed by atoms with Crippen molar-refractivity contribution in [2.24, 2.45) is 0 Å². The average molecular weight is 279 g/mol. The number of nitrogens with one attached hydrogen (secondary N) is 1. The molecule has 0 aromatic heterocycles. The first kappa shape index (κ1) is 14.7. The van der Waals surface area contributed by atoms with Gasteiger partial charge in [0.1, 0.15) is 0 Å². The summed E-state index contributed by atoms with van der Waals surface area (Å²) in [6, 6.07) is 10.00. The molecule has 0 aliphatic heterocycles. The SMILES string of the molecule is Cc1cccc(C2CC(NC(C)CCS(C)=O)C2)c1. The normalized spacial score (nSPS) is 25.6. The Morgan fingerprint density at radius 3 is 2.79 bits per heavy atom. The third kappa shape index (κ3) is 4.43. The largest absolute Gasteiger partial charge is 0.311 e. The van der Waals surface area contributed by atoms with Gasteiger partial charge in [0.25, 0.3) is 0 Å². The van der Waals surface area contributed by atoms with Gasteiger partial charge in [-0.1, -0.05) is 29.8 Å². The van der Waals surface area contributed by atoms with E-state index in [1.807, 2.05) is 0 Å². The highest BCUT2D eigenvalue weighted by Gasteiger charge is 2.30. The van der Waals surface area contributed by atoms with Gasteiger partial charge in [-0.3, -0.25) is 4.21 Å². The first-order valence-corrected chi connectivity index (χ1v) is 8.90. The molecule has 1 aromatic carbocycles. The Hall–Kier alpha value is -0.670. The molecule has 1 fully saturated rings. The maximum Gasteiger partial charge on any atom is 0.0246 e. The summed E-state index contributed by atoms with van der Waals surface area (Å²) in [5, 5.41) is 3.65. The molecule has 2 atom stereocenters. The predicted molar refractivity (Wildman–Crippen MR) is 83.1 cm³/mol. The number of hydrogen-bond acceptors (Lipinski definition) is 2. The molecule has 19 heavy (non-hydrogen) atoms. The van der Waals surface area contributed by atoms with E-state index >= 15 is 0 Å². The number of aryl methyl sites for hydroxylation is 1. The third-order valence-electron chi connectivity index (χ3n) is 4.01. The molecule has 3 heteroatoms. The molecule has 106 valence electrons. The van der Waals surface area contributed by atoms with Crippen molar-refractivity contribution in [2.45, 2.75) is 51.1 Å². The van der Waals surface area contributed by atoms with E-state index in [0.717, 1.165) is 18.1 Å². The summed E-state index contributed by atoms with van der Waals surface area (Å²) >= 11 is 0. The summed E-state index contributed by atoms with van der Waals surface area (Å²) in [6.07, 6.45) is 5.27. The lowest BCUT2D eigenvalue weighted by molar-refractivity contribution is 0.267. The van der Waals surface area contributed by atoms with Crippen LogP contribution in [0.1, 0.15) is 43.2 Å². The minimum absolute atomic E-state index is 0.479. The Morgan fingerprint density at radius 1 is 1.42 bits per heavy atom. The smallest absolute Gasteiger partial charge is 0.0246 e. The maximum absolute atomic E-state index is 11.1. The maximum atomic E-state index is 11.1. The molecule has 1 aromatic rings. The summed E-state index contributed by atoms with van der Waals surface area (Å²) in [5.74, 6) is 1.53. The molecule has 1 aliphatic rings. The van der Waals surface area contributed by atoms with E-state index in [1.165, 1.54) is 24.0 Å². The lowest BCUT2D eigenvalue weighted by Gasteiger charge is -2.38.